The molecular weight excluding hydrogens is 288 g/mol. The maximum atomic E-state index is 12.5. The Hall–Kier alpha value is -1.90. The summed E-state index contributed by atoms with van der Waals surface area (Å²) >= 11 is 0. The molecule has 0 amide bonds. The minimum Gasteiger partial charge on any atom is -0.504 e. The van der Waals surface area contributed by atoms with Crippen molar-refractivity contribution in [2.75, 3.05) is 0 Å². The predicted octanol–water partition coefficient (Wildman–Crippen LogP) is 5.12. The highest BCUT2D eigenvalue weighted by atomic mass is 16.3. The van der Waals surface area contributed by atoms with Gasteiger partial charge in [-0.15, -0.1) is 0 Å². The minimum atomic E-state index is -0.428. The summed E-state index contributed by atoms with van der Waals surface area (Å²) in [7, 11) is 0. The molecule has 0 spiro atoms. The number of fused-ring (bicyclic) bond motifs is 1. The molecule has 1 aliphatic rings. The van der Waals surface area contributed by atoms with Crippen LogP contribution in [0.1, 0.15) is 73.6 Å². The number of allylic oxidation sites excluding steroid dienone is 2. The number of carbonyl (C=O) groups excluding carboxylic acids is 2. The van der Waals surface area contributed by atoms with Crippen LogP contribution < -0.4 is 0 Å². The molecule has 1 unspecified atom stereocenters. The molecule has 124 valence electrons. The van der Waals surface area contributed by atoms with Gasteiger partial charge in [-0.25, -0.2) is 0 Å². The number of carbonyl (C=O) groups is 2. The lowest BCUT2D eigenvalue weighted by atomic mass is 9.84. The van der Waals surface area contributed by atoms with Crippen LogP contribution in [0.5, 0.6) is 0 Å². The molecular formula is C20H26O3. The van der Waals surface area contributed by atoms with Gasteiger partial charge in [0.2, 0.25) is 5.78 Å². The third-order valence-electron chi connectivity index (χ3n) is 4.56. The third-order valence-corrected chi connectivity index (χ3v) is 4.56. The molecule has 1 atom stereocenters. The fourth-order valence-corrected chi connectivity index (χ4v) is 3.06. The molecule has 0 aliphatic heterocycles. The van der Waals surface area contributed by atoms with Crippen LogP contribution in [0.3, 0.4) is 0 Å². The lowest BCUT2D eigenvalue weighted by Crippen LogP contribution is -2.22. The largest absolute Gasteiger partial charge is 0.504 e. The van der Waals surface area contributed by atoms with Crippen molar-refractivity contribution in [1.29, 1.82) is 0 Å². The van der Waals surface area contributed by atoms with Crippen LogP contribution in [0, 0.1) is 11.8 Å². The van der Waals surface area contributed by atoms with Crippen molar-refractivity contribution in [2.45, 2.75) is 52.9 Å². The Kier molecular flexibility index (Phi) is 5.75. The molecule has 0 heterocycles. The van der Waals surface area contributed by atoms with Crippen molar-refractivity contribution in [3.63, 3.8) is 0 Å². The Morgan fingerprint density at radius 2 is 1.52 bits per heavy atom. The van der Waals surface area contributed by atoms with E-state index in [1.54, 1.807) is 24.3 Å². The van der Waals surface area contributed by atoms with Gasteiger partial charge in [-0.1, -0.05) is 64.3 Å². The number of benzene rings is 1. The number of ketones is 2. The first-order chi connectivity index (χ1) is 10.9. The van der Waals surface area contributed by atoms with Gasteiger partial charge in [0.25, 0.3) is 0 Å². The summed E-state index contributed by atoms with van der Waals surface area (Å²) in [6, 6.07) is 6.71. The quantitative estimate of drug-likeness (QED) is 0.760. The van der Waals surface area contributed by atoms with E-state index in [0.717, 1.165) is 12.8 Å². The summed E-state index contributed by atoms with van der Waals surface area (Å²) in [4.78, 5) is 24.7. The van der Waals surface area contributed by atoms with E-state index in [0.29, 0.717) is 29.4 Å². The van der Waals surface area contributed by atoms with E-state index < -0.39 is 5.78 Å². The molecule has 2 rings (SSSR count). The fraction of sp³-hybridized carbons (Fsp3) is 0.500. The molecule has 3 nitrogen and oxygen atoms in total. The molecule has 1 aliphatic carbocycles. The molecule has 0 fully saturated rings. The maximum absolute atomic E-state index is 12.5. The summed E-state index contributed by atoms with van der Waals surface area (Å²) in [6.45, 7) is 6.61. The van der Waals surface area contributed by atoms with Crippen molar-refractivity contribution in [3.8, 4) is 0 Å². The minimum absolute atomic E-state index is 0.202. The van der Waals surface area contributed by atoms with Gasteiger partial charge in [-0.3, -0.25) is 9.59 Å². The number of rotatable bonds is 7. The zero-order valence-corrected chi connectivity index (χ0v) is 14.3. The van der Waals surface area contributed by atoms with Crippen molar-refractivity contribution >= 4 is 11.6 Å². The number of hydrogen-bond donors (Lipinski definition) is 1. The van der Waals surface area contributed by atoms with Gasteiger partial charge in [-0.05, 0) is 24.7 Å². The van der Waals surface area contributed by atoms with E-state index in [1.807, 2.05) is 0 Å². The fourth-order valence-electron chi connectivity index (χ4n) is 3.06. The van der Waals surface area contributed by atoms with Gasteiger partial charge in [0.15, 0.2) is 11.5 Å². The van der Waals surface area contributed by atoms with Gasteiger partial charge in [0.05, 0.1) is 0 Å². The summed E-state index contributed by atoms with van der Waals surface area (Å²) in [5, 5.41) is 10.1. The van der Waals surface area contributed by atoms with Crippen LogP contribution in [0.2, 0.25) is 0 Å². The summed E-state index contributed by atoms with van der Waals surface area (Å²) in [5.74, 6) is 0.204. The second kappa shape index (κ2) is 7.58. The van der Waals surface area contributed by atoms with Crippen molar-refractivity contribution in [1.82, 2.24) is 0 Å². The van der Waals surface area contributed by atoms with Crippen LogP contribution in [-0.2, 0) is 0 Å². The molecule has 0 aromatic heterocycles. The normalized spacial score (nSPS) is 16.0. The Balaban J connectivity index is 2.01. The number of Topliss-reactive ketones (excluding diaryl/α,β-unsaturated/α-hetero) is 2. The van der Waals surface area contributed by atoms with Gasteiger partial charge in [-0.2, -0.15) is 0 Å². The van der Waals surface area contributed by atoms with Crippen molar-refractivity contribution in [3.05, 3.63) is 46.7 Å². The zero-order valence-electron chi connectivity index (χ0n) is 14.3. The maximum Gasteiger partial charge on any atom is 0.228 e. The van der Waals surface area contributed by atoms with Gasteiger partial charge in [0.1, 0.15) is 0 Å². The summed E-state index contributed by atoms with van der Waals surface area (Å²) < 4.78 is 0. The molecule has 1 aromatic carbocycles. The van der Waals surface area contributed by atoms with E-state index in [-0.39, 0.29) is 17.1 Å². The predicted molar refractivity (Wildman–Crippen MR) is 91.8 cm³/mol. The standard InChI is InChI=1S/C20H26O3/c1-13(2)7-6-8-14(3)11-12-17-18(21)15-9-4-5-10-16(15)19(22)20(17)23/h4-5,9-10,13-14,23H,6-8,11-12H2,1-3H3. The lowest BCUT2D eigenvalue weighted by molar-refractivity contribution is 0.0925. The lowest BCUT2D eigenvalue weighted by Gasteiger charge is -2.19. The number of aliphatic hydroxyl groups excluding tert-OH is 1. The van der Waals surface area contributed by atoms with E-state index in [2.05, 4.69) is 20.8 Å². The first-order valence-electron chi connectivity index (χ1n) is 8.52. The average molecular weight is 314 g/mol. The van der Waals surface area contributed by atoms with E-state index in [1.165, 1.54) is 12.8 Å². The zero-order chi connectivity index (χ0) is 17.0. The smallest absolute Gasteiger partial charge is 0.228 e. The molecule has 1 aromatic rings. The molecule has 0 saturated carbocycles. The first kappa shape index (κ1) is 17.5. The highest BCUT2D eigenvalue weighted by molar-refractivity contribution is 6.25. The van der Waals surface area contributed by atoms with Gasteiger partial charge >= 0.3 is 0 Å². The van der Waals surface area contributed by atoms with Gasteiger partial charge < -0.3 is 5.11 Å². The van der Waals surface area contributed by atoms with E-state index >= 15 is 0 Å². The Labute approximate surface area is 138 Å². The van der Waals surface area contributed by atoms with Crippen molar-refractivity contribution < 1.29 is 14.7 Å². The first-order valence-corrected chi connectivity index (χ1v) is 8.52. The van der Waals surface area contributed by atoms with Gasteiger partial charge in [0, 0.05) is 16.7 Å². The highest BCUT2D eigenvalue weighted by Gasteiger charge is 2.31. The summed E-state index contributed by atoms with van der Waals surface area (Å²) in [6.07, 6.45) is 4.79. The Morgan fingerprint density at radius 3 is 2.13 bits per heavy atom. The molecule has 1 N–H and O–H groups in total. The highest BCUT2D eigenvalue weighted by Crippen LogP contribution is 2.29. The van der Waals surface area contributed by atoms with Crippen LogP contribution in [0.15, 0.2) is 35.6 Å². The SMILES string of the molecule is CC(C)CCCC(C)CCC1=C(O)C(=O)c2ccccc2C1=O. The second-order valence-electron chi connectivity index (χ2n) is 7.00. The van der Waals surface area contributed by atoms with E-state index in [4.69, 9.17) is 0 Å². The molecule has 3 heteroatoms. The topological polar surface area (TPSA) is 54.4 Å². The summed E-state index contributed by atoms with van der Waals surface area (Å²) in [5.41, 5.74) is 1.01. The van der Waals surface area contributed by atoms with Crippen LogP contribution in [-0.4, -0.2) is 16.7 Å². The van der Waals surface area contributed by atoms with Crippen LogP contribution >= 0.6 is 0 Å². The van der Waals surface area contributed by atoms with E-state index in [9.17, 15) is 14.7 Å². The van der Waals surface area contributed by atoms with Crippen LogP contribution in [0.25, 0.3) is 0 Å². The molecule has 0 saturated heterocycles. The van der Waals surface area contributed by atoms with Crippen molar-refractivity contribution in [2.24, 2.45) is 11.8 Å². The average Bonchev–Trinajstić information content (AvgIpc) is 2.52. The molecule has 23 heavy (non-hydrogen) atoms. The third kappa shape index (κ3) is 4.10. The second-order valence-corrected chi connectivity index (χ2v) is 7.00. The molecule has 0 radical (unpaired) electrons. The Bertz CT molecular complexity index is 626. The number of hydrogen-bond acceptors (Lipinski definition) is 3. The number of aliphatic hydroxyl groups is 1. The monoisotopic (exact) mass is 314 g/mol. The Morgan fingerprint density at radius 1 is 0.913 bits per heavy atom. The molecule has 0 bridgehead atoms. The van der Waals surface area contributed by atoms with Crippen LogP contribution in [0.4, 0.5) is 0 Å².